The van der Waals surface area contributed by atoms with E-state index in [1.54, 1.807) is 11.8 Å². The molecule has 0 fully saturated rings. The second-order valence-corrected chi connectivity index (χ2v) is 5.58. The van der Waals surface area contributed by atoms with Gasteiger partial charge in [0.05, 0.1) is 6.61 Å². The van der Waals surface area contributed by atoms with E-state index in [0.717, 1.165) is 10.9 Å². The number of fused-ring (bicyclic) bond motifs is 1. The summed E-state index contributed by atoms with van der Waals surface area (Å²) in [5.41, 5.74) is 1.57. The number of hydrogen-bond acceptors (Lipinski definition) is 3. The van der Waals surface area contributed by atoms with Crippen LogP contribution in [0.2, 0.25) is 0 Å². The van der Waals surface area contributed by atoms with Crippen molar-refractivity contribution in [3.05, 3.63) is 36.0 Å². The molecule has 2 aromatic rings. The molecule has 0 bridgehead atoms. The van der Waals surface area contributed by atoms with E-state index in [0.29, 0.717) is 5.56 Å². The molecule has 102 valence electrons. The summed E-state index contributed by atoms with van der Waals surface area (Å²) >= 11 is 1.55. The molecule has 5 heteroatoms. The number of aromatic amines is 1. The number of thioether (sulfide) groups is 1. The van der Waals surface area contributed by atoms with Crippen LogP contribution in [-0.4, -0.2) is 40.2 Å². The van der Waals surface area contributed by atoms with Crippen molar-refractivity contribution in [2.45, 2.75) is 18.2 Å². The Morgan fingerprint density at radius 2 is 2.26 bits per heavy atom. The molecular formula is C14H18N2O2S. The first-order chi connectivity index (χ1) is 9.15. The Hall–Kier alpha value is -1.46. The van der Waals surface area contributed by atoms with Crippen molar-refractivity contribution < 1.29 is 9.90 Å². The third kappa shape index (κ3) is 3.11. The highest BCUT2D eigenvalue weighted by atomic mass is 32.2. The number of carbonyl (C=O) groups is 1. The number of nitrogens with one attached hydrogen (secondary N) is 2. The summed E-state index contributed by atoms with van der Waals surface area (Å²) in [6, 6.07) is 7.46. The van der Waals surface area contributed by atoms with Gasteiger partial charge in [-0.2, -0.15) is 11.8 Å². The molecule has 1 amide bonds. The number of aliphatic hydroxyl groups excluding tert-OH is 1. The van der Waals surface area contributed by atoms with Gasteiger partial charge in [0, 0.05) is 28.6 Å². The number of benzene rings is 1. The average molecular weight is 278 g/mol. The summed E-state index contributed by atoms with van der Waals surface area (Å²) in [5.74, 6) is -0.114. The van der Waals surface area contributed by atoms with E-state index in [1.165, 1.54) is 0 Å². The second kappa shape index (κ2) is 6.12. The van der Waals surface area contributed by atoms with E-state index >= 15 is 0 Å². The number of carbonyl (C=O) groups excluding carboxylic acids is 1. The van der Waals surface area contributed by atoms with Crippen LogP contribution >= 0.6 is 11.8 Å². The number of aliphatic hydroxyl groups is 1. The van der Waals surface area contributed by atoms with Crippen molar-refractivity contribution in [3.8, 4) is 0 Å². The van der Waals surface area contributed by atoms with Gasteiger partial charge in [-0.25, -0.2) is 0 Å². The normalized spacial score (nSPS) is 14.3. The largest absolute Gasteiger partial charge is 0.395 e. The second-order valence-electron chi connectivity index (χ2n) is 4.50. The summed E-state index contributed by atoms with van der Waals surface area (Å²) in [5, 5.41) is 13.2. The highest BCUT2D eigenvalue weighted by molar-refractivity contribution is 7.99. The van der Waals surface area contributed by atoms with Crippen LogP contribution in [0.15, 0.2) is 30.5 Å². The Bertz CT molecular complexity index is 563. The molecule has 1 heterocycles. The van der Waals surface area contributed by atoms with Crippen molar-refractivity contribution in [2.24, 2.45) is 0 Å². The van der Waals surface area contributed by atoms with Gasteiger partial charge in [0.1, 0.15) is 0 Å². The lowest BCUT2D eigenvalue weighted by molar-refractivity contribution is 0.0936. The molecule has 2 unspecified atom stereocenters. The van der Waals surface area contributed by atoms with Crippen LogP contribution in [0.4, 0.5) is 0 Å². The number of aromatic nitrogens is 1. The Morgan fingerprint density at radius 1 is 1.47 bits per heavy atom. The molecule has 1 aromatic carbocycles. The first-order valence-corrected chi connectivity index (χ1v) is 7.46. The quantitative estimate of drug-likeness (QED) is 0.784. The number of rotatable bonds is 5. The van der Waals surface area contributed by atoms with Crippen LogP contribution in [0.1, 0.15) is 17.3 Å². The number of hydrogen-bond donors (Lipinski definition) is 3. The molecule has 0 aliphatic rings. The lowest BCUT2D eigenvalue weighted by Crippen LogP contribution is -2.41. The number of amides is 1. The van der Waals surface area contributed by atoms with Gasteiger partial charge in [0.2, 0.25) is 0 Å². The molecule has 0 radical (unpaired) electrons. The minimum absolute atomic E-state index is 0.0122. The van der Waals surface area contributed by atoms with Crippen LogP contribution in [0.5, 0.6) is 0 Å². The SMILES string of the molecule is CSC(CO)C(C)NC(=O)c1ccc2cc[nH]c2c1. The molecule has 0 saturated carbocycles. The molecule has 4 nitrogen and oxygen atoms in total. The minimum Gasteiger partial charge on any atom is -0.395 e. The maximum Gasteiger partial charge on any atom is 0.251 e. The van der Waals surface area contributed by atoms with E-state index in [-0.39, 0.29) is 23.8 Å². The Kier molecular flexibility index (Phi) is 4.50. The maximum atomic E-state index is 12.1. The molecule has 1 aromatic heterocycles. The van der Waals surface area contributed by atoms with Crippen LogP contribution in [0, 0.1) is 0 Å². The fourth-order valence-electron chi connectivity index (χ4n) is 2.01. The summed E-state index contributed by atoms with van der Waals surface area (Å²) in [6.07, 6.45) is 3.78. The standard InChI is InChI=1S/C14H18N2O2S/c1-9(13(8-17)19-2)16-14(18)11-4-3-10-5-6-15-12(10)7-11/h3-7,9,13,15,17H,8H2,1-2H3,(H,16,18). The summed E-state index contributed by atoms with van der Waals surface area (Å²) < 4.78 is 0. The van der Waals surface area contributed by atoms with Gasteiger partial charge >= 0.3 is 0 Å². The van der Waals surface area contributed by atoms with Crippen molar-refractivity contribution in [2.75, 3.05) is 12.9 Å². The summed E-state index contributed by atoms with van der Waals surface area (Å²) in [7, 11) is 0. The molecule has 0 aliphatic carbocycles. The van der Waals surface area contributed by atoms with Crippen molar-refractivity contribution in [3.63, 3.8) is 0 Å². The Labute approximate surface area is 116 Å². The third-order valence-electron chi connectivity index (χ3n) is 3.22. The first kappa shape index (κ1) is 14.0. The lowest BCUT2D eigenvalue weighted by atomic mass is 10.1. The molecule has 19 heavy (non-hydrogen) atoms. The van der Waals surface area contributed by atoms with E-state index < -0.39 is 0 Å². The van der Waals surface area contributed by atoms with E-state index in [1.807, 2.05) is 43.6 Å². The Morgan fingerprint density at radius 3 is 2.95 bits per heavy atom. The van der Waals surface area contributed by atoms with Crippen molar-refractivity contribution in [1.82, 2.24) is 10.3 Å². The zero-order chi connectivity index (χ0) is 13.8. The molecule has 0 aliphatic heterocycles. The highest BCUT2D eigenvalue weighted by Crippen LogP contribution is 2.15. The third-order valence-corrected chi connectivity index (χ3v) is 4.38. The van der Waals surface area contributed by atoms with Crippen LogP contribution in [-0.2, 0) is 0 Å². The monoisotopic (exact) mass is 278 g/mol. The predicted octanol–water partition coefficient (Wildman–Crippen LogP) is 2.01. The lowest BCUT2D eigenvalue weighted by Gasteiger charge is -2.21. The van der Waals surface area contributed by atoms with Crippen molar-refractivity contribution in [1.29, 1.82) is 0 Å². The van der Waals surface area contributed by atoms with Crippen LogP contribution in [0.3, 0.4) is 0 Å². The van der Waals surface area contributed by atoms with E-state index in [4.69, 9.17) is 0 Å². The Balaban J connectivity index is 2.10. The summed E-state index contributed by atoms with van der Waals surface area (Å²) in [6.45, 7) is 1.96. The predicted molar refractivity (Wildman–Crippen MR) is 79.6 cm³/mol. The van der Waals surface area contributed by atoms with E-state index in [9.17, 15) is 9.90 Å². The topological polar surface area (TPSA) is 65.1 Å². The molecule has 2 rings (SSSR count). The smallest absolute Gasteiger partial charge is 0.251 e. The fourth-order valence-corrected chi connectivity index (χ4v) is 2.63. The van der Waals surface area contributed by atoms with Gasteiger partial charge in [-0.1, -0.05) is 6.07 Å². The molecular weight excluding hydrogens is 260 g/mol. The molecule has 0 saturated heterocycles. The zero-order valence-corrected chi connectivity index (χ0v) is 11.8. The van der Waals surface area contributed by atoms with Crippen LogP contribution < -0.4 is 5.32 Å². The van der Waals surface area contributed by atoms with Crippen molar-refractivity contribution >= 4 is 28.6 Å². The fraction of sp³-hybridized carbons (Fsp3) is 0.357. The molecule has 2 atom stereocenters. The zero-order valence-electron chi connectivity index (χ0n) is 11.0. The molecule has 0 spiro atoms. The van der Waals surface area contributed by atoms with Gasteiger partial charge < -0.3 is 15.4 Å². The minimum atomic E-state index is -0.114. The van der Waals surface area contributed by atoms with Crippen LogP contribution in [0.25, 0.3) is 10.9 Å². The van der Waals surface area contributed by atoms with Gasteiger partial charge in [-0.3, -0.25) is 4.79 Å². The van der Waals surface area contributed by atoms with Gasteiger partial charge in [0.15, 0.2) is 0 Å². The highest BCUT2D eigenvalue weighted by Gasteiger charge is 2.18. The average Bonchev–Trinajstić information content (AvgIpc) is 2.87. The van der Waals surface area contributed by atoms with Gasteiger partial charge in [-0.15, -0.1) is 0 Å². The first-order valence-electron chi connectivity index (χ1n) is 6.17. The van der Waals surface area contributed by atoms with E-state index in [2.05, 4.69) is 10.3 Å². The van der Waals surface area contributed by atoms with Gasteiger partial charge in [-0.05, 0) is 36.8 Å². The maximum absolute atomic E-state index is 12.1. The van der Waals surface area contributed by atoms with Gasteiger partial charge in [0.25, 0.3) is 5.91 Å². The summed E-state index contributed by atoms with van der Waals surface area (Å²) in [4.78, 5) is 15.2. The number of H-pyrrole nitrogens is 1. The molecule has 3 N–H and O–H groups in total.